The smallest absolute Gasteiger partial charge is 0.326 e. The molecule has 1 fully saturated rings. The molecular formula is C24H20ClN5O3. The first-order valence-electron chi connectivity index (χ1n) is 10.5. The molecule has 1 atom stereocenters. The van der Waals surface area contributed by atoms with Crippen LogP contribution in [0.25, 0.3) is 5.65 Å². The molecule has 33 heavy (non-hydrogen) atoms. The second kappa shape index (κ2) is 8.55. The average Bonchev–Trinajstić information content (AvgIpc) is 3.35. The molecule has 1 aliphatic heterocycles. The molecule has 9 heteroatoms. The van der Waals surface area contributed by atoms with Gasteiger partial charge in [0, 0.05) is 24.8 Å². The van der Waals surface area contributed by atoms with Crippen molar-refractivity contribution in [3.63, 3.8) is 0 Å². The third-order valence-corrected chi connectivity index (χ3v) is 5.97. The van der Waals surface area contributed by atoms with E-state index in [2.05, 4.69) is 10.4 Å². The number of nitrogens with zero attached hydrogens (tertiary/aromatic N) is 4. The second-order valence-corrected chi connectivity index (χ2v) is 8.32. The number of rotatable bonds is 5. The van der Waals surface area contributed by atoms with Crippen molar-refractivity contribution in [3.8, 4) is 0 Å². The average molecular weight is 462 g/mol. The fraction of sp³-hybridized carbons (Fsp3) is 0.167. The molecule has 3 heterocycles. The number of carbonyl (C=O) groups excluding carboxylic acids is 2. The first-order chi connectivity index (χ1) is 16.0. The number of anilines is 2. The van der Waals surface area contributed by atoms with Crippen molar-refractivity contribution in [1.82, 2.24) is 14.2 Å². The standard InChI is InChI=1S/C24H20ClN5O3/c25-19-8-1-2-9-20(19)29-15-17(13-22(29)31)23(32)26-18-7-5-6-16(12-18)14-30-24(33)28-11-4-3-10-21(28)27-30/h1-12,17H,13-15H2,(H,26,32)/t17-/m1/s1. The van der Waals surface area contributed by atoms with Crippen molar-refractivity contribution in [2.45, 2.75) is 13.0 Å². The molecule has 0 unspecified atom stereocenters. The Labute approximate surface area is 194 Å². The zero-order valence-electron chi connectivity index (χ0n) is 17.5. The summed E-state index contributed by atoms with van der Waals surface area (Å²) in [4.78, 5) is 39.4. The Morgan fingerprint density at radius 2 is 1.88 bits per heavy atom. The van der Waals surface area contributed by atoms with Gasteiger partial charge < -0.3 is 10.2 Å². The van der Waals surface area contributed by atoms with Crippen LogP contribution in [0.15, 0.2) is 77.7 Å². The largest absolute Gasteiger partial charge is 0.350 e. The predicted octanol–water partition coefficient (Wildman–Crippen LogP) is 3.19. The lowest BCUT2D eigenvalue weighted by atomic mass is 10.1. The number of halogens is 1. The highest BCUT2D eigenvalue weighted by molar-refractivity contribution is 6.33. The summed E-state index contributed by atoms with van der Waals surface area (Å²) in [6, 6.07) is 19.7. The highest BCUT2D eigenvalue weighted by atomic mass is 35.5. The van der Waals surface area contributed by atoms with Crippen LogP contribution in [0.3, 0.4) is 0 Å². The van der Waals surface area contributed by atoms with Gasteiger partial charge in [-0.15, -0.1) is 5.10 Å². The summed E-state index contributed by atoms with van der Waals surface area (Å²) in [5.41, 5.74) is 2.36. The van der Waals surface area contributed by atoms with E-state index in [0.29, 0.717) is 22.0 Å². The molecule has 8 nitrogen and oxygen atoms in total. The molecule has 1 aliphatic rings. The molecule has 0 spiro atoms. The quantitative estimate of drug-likeness (QED) is 0.494. The van der Waals surface area contributed by atoms with Crippen LogP contribution < -0.4 is 15.9 Å². The summed E-state index contributed by atoms with van der Waals surface area (Å²) in [7, 11) is 0. The predicted molar refractivity (Wildman–Crippen MR) is 126 cm³/mol. The minimum Gasteiger partial charge on any atom is -0.326 e. The Morgan fingerprint density at radius 1 is 1.06 bits per heavy atom. The highest BCUT2D eigenvalue weighted by Crippen LogP contribution is 2.31. The van der Waals surface area contributed by atoms with Gasteiger partial charge >= 0.3 is 5.69 Å². The van der Waals surface area contributed by atoms with Gasteiger partial charge in [-0.1, -0.05) is 41.9 Å². The molecule has 0 saturated carbocycles. The molecule has 166 valence electrons. The zero-order valence-corrected chi connectivity index (χ0v) is 18.3. The van der Waals surface area contributed by atoms with E-state index in [4.69, 9.17) is 11.6 Å². The number of pyridine rings is 1. The van der Waals surface area contributed by atoms with E-state index in [1.54, 1.807) is 53.6 Å². The molecule has 5 rings (SSSR count). The molecule has 0 aliphatic carbocycles. The van der Waals surface area contributed by atoms with Crippen molar-refractivity contribution in [2.24, 2.45) is 5.92 Å². The summed E-state index contributed by atoms with van der Waals surface area (Å²) in [5, 5.41) is 7.71. The normalized spacial score (nSPS) is 15.8. The lowest BCUT2D eigenvalue weighted by molar-refractivity contribution is -0.122. The number of aromatic nitrogens is 3. The number of para-hydroxylation sites is 1. The number of benzene rings is 2. The van der Waals surface area contributed by atoms with Crippen molar-refractivity contribution < 1.29 is 9.59 Å². The van der Waals surface area contributed by atoms with Gasteiger partial charge in [-0.05, 0) is 42.0 Å². The Bertz CT molecular complexity index is 1430. The van der Waals surface area contributed by atoms with Crippen LogP contribution in [0, 0.1) is 5.92 Å². The lowest BCUT2D eigenvalue weighted by Gasteiger charge is -2.18. The second-order valence-electron chi connectivity index (χ2n) is 7.92. The van der Waals surface area contributed by atoms with Crippen molar-refractivity contribution in [2.75, 3.05) is 16.8 Å². The Balaban J connectivity index is 1.29. The van der Waals surface area contributed by atoms with Crippen molar-refractivity contribution in [3.05, 3.63) is 94.0 Å². The van der Waals surface area contributed by atoms with Gasteiger partial charge in [0.15, 0.2) is 5.65 Å². The highest BCUT2D eigenvalue weighted by Gasteiger charge is 2.35. The van der Waals surface area contributed by atoms with Crippen LogP contribution in [0.1, 0.15) is 12.0 Å². The molecule has 0 bridgehead atoms. The first-order valence-corrected chi connectivity index (χ1v) is 10.9. The van der Waals surface area contributed by atoms with Gasteiger partial charge in [0.05, 0.1) is 23.2 Å². The van der Waals surface area contributed by atoms with Crippen LogP contribution in [-0.2, 0) is 16.1 Å². The summed E-state index contributed by atoms with van der Waals surface area (Å²) < 4.78 is 2.86. The molecule has 1 saturated heterocycles. The van der Waals surface area contributed by atoms with Crippen LogP contribution in [-0.4, -0.2) is 32.5 Å². The fourth-order valence-corrected chi connectivity index (χ4v) is 4.26. The maximum atomic E-state index is 12.9. The Hall–Kier alpha value is -3.91. The minimum atomic E-state index is -0.488. The number of hydrogen-bond acceptors (Lipinski definition) is 4. The van der Waals surface area contributed by atoms with E-state index in [1.165, 1.54) is 9.08 Å². The molecule has 2 aromatic carbocycles. The third kappa shape index (κ3) is 4.12. The summed E-state index contributed by atoms with van der Waals surface area (Å²) in [5.74, 6) is -0.860. The van der Waals surface area contributed by atoms with E-state index < -0.39 is 5.92 Å². The molecule has 2 aromatic heterocycles. The summed E-state index contributed by atoms with van der Waals surface area (Å²) >= 11 is 6.22. The van der Waals surface area contributed by atoms with Gasteiger partial charge in [0.2, 0.25) is 11.8 Å². The van der Waals surface area contributed by atoms with Crippen molar-refractivity contribution in [1.29, 1.82) is 0 Å². The third-order valence-electron chi connectivity index (χ3n) is 5.65. The first kappa shape index (κ1) is 21.0. The monoisotopic (exact) mass is 461 g/mol. The number of amides is 2. The van der Waals surface area contributed by atoms with Gasteiger partial charge in [-0.2, -0.15) is 0 Å². The topological polar surface area (TPSA) is 88.7 Å². The van der Waals surface area contributed by atoms with E-state index in [-0.39, 0.29) is 37.0 Å². The van der Waals surface area contributed by atoms with Gasteiger partial charge in [0.1, 0.15) is 0 Å². The SMILES string of the molecule is O=C(Nc1cccc(Cn2nc3ccccn3c2=O)c1)[C@@H]1CC(=O)N(c2ccccc2Cl)C1. The number of fused-ring (bicyclic) bond motifs is 1. The van der Waals surface area contributed by atoms with Gasteiger partial charge in [-0.3, -0.25) is 14.0 Å². The molecule has 1 N–H and O–H groups in total. The molecule has 2 amide bonds. The summed E-state index contributed by atoms with van der Waals surface area (Å²) in [6.07, 6.45) is 1.79. The zero-order chi connectivity index (χ0) is 22.9. The van der Waals surface area contributed by atoms with E-state index in [0.717, 1.165) is 5.56 Å². The van der Waals surface area contributed by atoms with Crippen LogP contribution in [0.5, 0.6) is 0 Å². The number of hydrogen-bond donors (Lipinski definition) is 1. The van der Waals surface area contributed by atoms with Gasteiger partial charge in [0.25, 0.3) is 0 Å². The molecule has 4 aromatic rings. The lowest BCUT2D eigenvalue weighted by Crippen LogP contribution is -2.28. The van der Waals surface area contributed by atoms with Crippen LogP contribution in [0.4, 0.5) is 11.4 Å². The van der Waals surface area contributed by atoms with Gasteiger partial charge in [-0.25, -0.2) is 9.48 Å². The summed E-state index contributed by atoms with van der Waals surface area (Å²) in [6.45, 7) is 0.539. The maximum absolute atomic E-state index is 12.9. The fourth-order valence-electron chi connectivity index (χ4n) is 4.02. The van der Waals surface area contributed by atoms with E-state index in [9.17, 15) is 14.4 Å². The number of nitrogens with one attached hydrogen (secondary N) is 1. The Morgan fingerprint density at radius 3 is 2.70 bits per heavy atom. The maximum Gasteiger partial charge on any atom is 0.350 e. The van der Waals surface area contributed by atoms with Crippen LogP contribution >= 0.6 is 11.6 Å². The van der Waals surface area contributed by atoms with E-state index >= 15 is 0 Å². The van der Waals surface area contributed by atoms with Crippen LogP contribution in [0.2, 0.25) is 5.02 Å². The van der Waals surface area contributed by atoms with Crippen molar-refractivity contribution >= 4 is 40.4 Å². The van der Waals surface area contributed by atoms with E-state index in [1.807, 2.05) is 24.3 Å². The Kier molecular flexibility index (Phi) is 5.43. The number of carbonyl (C=O) groups is 2. The molecular weight excluding hydrogens is 442 g/mol. The minimum absolute atomic E-state index is 0.118. The molecule has 0 radical (unpaired) electrons.